The van der Waals surface area contributed by atoms with Crippen molar-refractivity contribution in [3.05, 3.63) is 23.8 Å². The van der Waals surface area contributed by atoms with E-state index < -0.39 is 5.72 Å². The van der Waals surface area contributed by atoms with E-state index in [9.17, 15) is 5.21 Å². The summed E-state index contributed by atoms with van der Waals surface area (Å²) in [7, 11) is 0. The van der Waals surface area contributed by atoms with E-state index in [1.165, 1.54) is 5.06 Å². The van der Waals surface area contributed by atoms with E-state index in [2.05, 4.69) is 11.1 Å². The lowest BCUT2D eigenvalue weighted by molar-refractivity contribution is -0.252. The summed E-state index contributed by atoms with van der Waals surface area (Å²) in [6, 6.07) is 7.36. The highest BCUT2D eigenvalue weighted by Crippen LogP contribution is 2.61. The average Bonchev–Trinajstić information content (AvgIpc) is 3.06. The highest BCUT2D eigenvalue weighted by Gasteiger charge is 2.68. The van der Waals surface area contributed by atoms with Crippen LogP contribution < -0.4 is 4.74 Å². The van der Waals surface area contributed by atoms with Crippen molar-refractivity contribution in [3.63, 3.8) is 0 Å². The van der Waals surface area contributed by atoms with Gasteiger partial charge in [0.2, 0.25) is 5.72 Å². The fourth-order valence-electron chi connectivity index (χ4n) is 4.76. The first kappa shape index (κ1) is 14.7. The summed E-state index contributed by atoms with van der Waals surface area (Å²) in [6.45, 7) is 4.10. The number of hydroxylamine groups is 2. The molecule has 5 heteroatoms. The predicted octanol–water partition coefficient (Wildman–Crippen LogP) is 3.78. The van der Waals surface area contributed by atoms with Gasteiger partial charge >= 0.3 is 0 Å². The van der Waals surface area contributed by atoms with E-state index in [1.807, 2.05) is 13.8 Å². The molecule has 2 spiro atoms. The van der Waals surface area contributed by atoms with Crippen LogP contribution in [0.3, 0.4) is 0 Å². The molecule has 0 unspecified atom stereocenters. The Kier molecular flexibility index (Phi) is 2.91. The van der Waals surface area contributed by atoms with Crippen molar-refractivity contribution < 1.29 is 9.94 Å². The maximum atomic E-state index is 10.9. The van der Waals surface area contributed by atoms with Crippen molar-refractivity contribution in [2.75, 3.05) is 0 Å². The molecule has 1 aromatic carbocycles. The van der Waals surface area contributed by atoms with Crippen LogP contribution in [0.5, 0.6) is 5.75 Å². The molecule has 1 N–H and O–H groups in total. The minimum absolute atomic E-state index is 0.111. The Morgan fingerprint density at radius 3 is 2.74 bits per heavy atom. The molecule has 4 rings (SSSR count). The number of ether oxygens (including phenoxy) is 1. The summed E-state index contributed by atoms with van der Waals surface area (Å²) < 4.78 is 6.38. The van der Waals surface area contributed by atoms with Crippen molar-refractivity contribution in [3.8, 4) is 11.8 Å². The number of aliphatic imine (C=N–C) groups is 1. The molecule has 5 nitrogen and oxygen atoms in total. The van der Waals surface area contributed by atoms with Gasteiger partial charge in [0.05, 0.1) is 17.8 Å². The Bertz CT molecular complexity index is 728. The van der Waals surface area contributed by atoms with Gasteiger partial charge < -0.3 is 9.94 Å². The molecule has 1 saturated carbocycles. The Balaban J connectivity index is 1.83. The van der Waals surface area contributed by atoms with E-state index in [4.69, 9.17) is 10.00 Å². The van der Waals surface area contributed by atoms with Gasteiger partial charge in [-0.2, -0.15) is 5.26 Å². The lowest BCUT2D eigenvalue weighted by Crippen LogP contribution is -2.60. The van der Waals surface area contributed by atoms with Crippen LogP contribution >= 0.6 is 0 Å². The zero-order valence-electron chi connectivity index (χ0n) is 13.5. The number of nitriles is 1. The van der Waals surface area contributed by atoms with Crippen molar-refractivity contribution in [2.45, 2.75) is 57.2 Å². The van der Waals surface area contributed by atoms with E-state index in [-0.39, 0.29) is 11.0 Å². The molecule has 1 atom stereocenters. The highest BCUT2D eigenvalue weighted by atomic mass is 16.6. The quantitative estimate of drug-likeness (QED) is 0.791. The fourth-order valence-corrected chi connectivity index (χ4v) is 4.76. The molecule has 1 aromatic rings. The topological polar surface area (TPSA) is 68.8 Å². The van der Waals surface area contributed by atoms with Gasteiger partial charge in [0.25, 0.3) is 0 Å². The number of fused-ring (bicyclic) bond motifs is 2. The molecule has 0 aromatic heterocycles. The number of nitrogens with zero attached hydrogens (tertiary/aromatic N) is 3. The molecular formula is C18H21N3O2. The molecule has 1 aliphatic carbocycles. The number of rotatable bonds is 0. The van der Waals surface area contributed by atoms with Gasteiger partial charge in [0, 0.05) is 11.0 Å². The first-order valence-corrected chi connectivity index (χ1v) is 8.20. The smallest absolute Gasteiger partial charge is 0.226 e. The maximum absolute atomic E-state index is 10.9. The lowest BCUT2D eigenvalue weighted by Gasteiger charge is -2.45. The molecule has 23 heavy (non-hydrogen) atoms. The van der Waals surface area contributed by atoms with Crippen molar-refractivity contribution >= 4 is 11.9 Å². The molecule has 2 heterocycles. The van der Waals surface area contributed by atoms with Crippen LogP contribution in [-0.4, -0.2) is 27.7 Å². The molecule has 0 bridgehead atoms. The van der Waals surface area contributed by atoms with Gasteiger partial charge in [0.15, 0.2) is 0 Å². The summed E-state index contributed by atoms with van der Waals surface area (Å²) in [5, 5.41) is 21.4. The summed E-state index contributed by atoms with van der Waals surface area (Å²) in [5.41, 5.74) is -0.167. The van der Waals surface area contributed by atoms with Crippen molar-refractivity contribution in [1.82, 2.24) is 5.06 Å². The van der Waals surface area contributed by atoms with Crippen LogP contribution in [0.4, 0.5) is 5.69 Å². The monoisotopic (exact) mass is 311 g/mol. The minimum Gasteiger partial charge on any atom is -0.462 e. The fraction of sp³-hybridized carbons (Fsp3) is 0.556. The van der Waals surface area contributed by atoms with Crippen LogP contribution in [0, 0.1) is 16.7 Å². The number of hydrogen-bond donors (Lipinski definition) is 1. The Morgan fingerprint density at radius 1 is 1.30 bits per heavy atom. The van der Waals surface area contributed by atoms with Gasteiger partial charge in [-0.15, -0.1) is 5.06 Å². The second-order valence-corrected chi connectivity index (χ2v) is 7.64. The molecule has 1 saturated heterocycles. The van der Waals surface area contributed by atoms with Gasteiger partial charge in [-0.05, 0) is 51.3 Å². The second-order valence-electron chi connectivity index (χ2n) is 7.64. The zero-order chi connectivity index (χ0) is 16.3. The second kappa shape index (κ2) is 4.56. The van der Waals surface area contributed by atoms with Crippen LogP contribution in [0.1, 0.15) is 51.5 Å². The third kappa shape index (κ3) is 1.82. The summed E-state index contributed by atoms with van der Waals surface area (Å²) >= 11 is 0. The molecule has 3 aliphatic rings. The minimum atomic E-state index is -0.909. The van der Waals surface area contributed by atoms with Crippen molar-refractivity contribution in [2.24, 2.45) is 10.4 Å². The average molecular weight is 311 g/mol. The van der Waals surface area contributed by atoms with E-state index in [0.717, 1.165) is 32.1 Å². The standard InChI is InChI=1S/C18H21N3O2/c1-16(2)11-17(7-3-4-8-17)18(21(16)22)12-20-14-9-13(10-19)5-6-15(14)23-18/h5-6,9,12,22H,3-4,7-8,11H2,1-2H3/t18-/m1/s1. The number of benzene rings is 1. The molecule has 2 aliphatic heterocycles. The Hall–Kier alpha value is -1.90. The molecule has 120 valence electrons. The first-order chi connectivity index (χ1) is 10.9. The van der Waals surface area contributed by atoms with E-state index in [0.29, 0.717) is 17.0 Å². The maximum Gasteiger partial charge on any atom is 0.226 e. The van der Waals surface area contributed by atoms with Gasteiger partial charge in [-0.3, -0.25) is 4.99 Å². The van der Waals surface area contributed by atoms with Crippen LogP contribution in [0.2, 0.25) is 0 Å². The number of hydrogen-bond acceptors (Lipinski definition) is 5. The normalized spacial score (nSPS) is 30.3. The molecular weight excluding hydrogens is 290 g/mol. The summed E-state index contributed by atoms with van der Waals surface area (Å²) in [5.74, 6) is 0.634. The van der Waals surface area contributed by atoms with E-state index >= 15 is 0 Å². The largest absolute Gasteiger partial charge is 0.462 e. The third-order valence-corrected chi connectivity index (χ3v) is 5.71. The zero-order valence-corrected chi connectivity index (χ0v) is 13.5. The SMILES string of the molecule is CC1(C)CC2(CCCC2)[C@]2(C=Nc3cc(C#N)ccc3O2)N1O. The van der Waals surface area contributed by atoms with Gasteiger partial charge in [-0.25, -0.2) is 0 Å². The van der Waals surface area contributed by atoms with Gasteiger partial charge in [0.1, 0.15) is 11.4 Å². The van der Waals surface area contributed by atoms with Gasteiger partial charge in [-0.1, -0.05) is 12.8 Å². The third-order valence-electron chi connectivity index (χ3n) is 5.71. The predicted molar refractivity (Wildman–Crippen MR) is 85.9 cm³/mol. The van der Waals surface area contributed by atoms with E-state index in [1.54, 1.807) is 24.4 Å². The summed E-state index contributed by atoms with van der Waals surface area (Å²) in [4.78, 5) is 4.57. The molecule has 0 amide bonds. The van der Waals surface area contributed by atoms with Crippen LogP contribution in [-0.2, 0) is 0 Å². The molecule has 2 fully saturated rings. The molecule has 0 radical (unpaired) electrons. The van der Waals surface area contributed by atoms with Crippen LogP contribution in [0.25, 0.3) is 0 Å². The Labute approximate surface area is 136 Å². The van der Waals surface area contributed by atoms with Crippen molar-refractivity contribution in [1.29, 1.82) is 5.26 Å². The first-order valence-electron chi connectivity index (χ1n) is 8.20. The summed E-state index contributed by atoms with van der Waals surface area (Å²) in [6.07, 6.45) is 7.02. The van der Waals surface area contributed by atoms with Crippen LogP contribution in [0.15, 0.2) is 23.2 Å². The lowest BCUT2D eigenvalue weighted by atomic mass is 9.73. The highest BCUT2D eigenvalue weighted by molar-refractivity contribution is 5.79. The Morgan fingerprint density at radius 2 is 2.04 bits per heavy atom.